The second-order valence-corrected chi connectivity index (χ2v) is 3.37. The summed E-state index contributed by atoms with van der Waals surface area (Å²) in [6.07, 6.45) is 0. The first-order valence-electron chi connectivity index (χ1n) is 3.74. The van der Waals surface area contributed by atoms with Crippen LogP contribution in [-0.2, 0) is 10.3 Å². The standard InChI is InChI=1S/C8H9ClN2O3/c1-8(10,7(13)14)5-3-2-4(12)6(9)11-5/h2-3,12H,10H2,1H3,(H,13,14). The largest absolute Gasteiger partial charge is 0.505 e. The Labute approximate surface area is 85.1 Å². The minimum Gasteiger partial charge on any atom is -0.505 e. The topological polar surface area (TPSA) is 96.4 Å². The SMILES string of the molecule is CC(N)(C(=O)O)c1ccc(O)c(Cl)n1. The Hall–Kier alpha value is -1.33. The highest BCUT2D eigenvalue weighted by molar-refractivity contribution is 6.30. The third-order valence-electron chi connectivity index (χ3n) is 1.81. The van der Waals surface area contributed by atoms with Crippen molar-refractivity contribution in [2.24, 2.45) is 5.73 Å². The van der Waals surface area contributed by atoms with Crippen molar-refractivity contribution in [3.63, 3.8) is 0 Å². The van der Waals surface area contributed by atoms with Gasteiger partial charge in [0.1, 0.15) is 0 Å². The normalized spacial score (nSPS) is 14.8. The third kappa shape index (κ3) is 1.78. The van der Waals surface area contributed by atoms with E-state index in [1.165, 1.54) is 19.1 Å². The number of nitrogens with two attached hydrogens (primary N) is 1. The molecule has 1 aromatic rings. The molecule has 1 atom stereocenters. The highest BCUT2D eigenvalue weighted by Gasteiger charge is 2.32. The Bertz CT molecular complexity index is 379. The molecule has 6 heteroatoms. The molecule has 0 amide bonds. The molecule has 0 saturated heterocycles. The summed E-state index contributed by atoms with van der Waals surface area (Å²) >= 11 is 5.51. The van der Waals surface area contributed by atoms with Crippen LogP contribution in [-0.4, -0.2) is 21.2 Å². The fraction of sp³-hybridized carbons (Fsp3) is 0.250. The van der Waals surface area contributed by atoms with Crippen molar-refractivity contribution in [1.82, 2.24) is 4.98 Å². The van der Waals surface area contributed by atoms with Gasteiger partial charge in [0.05, 0.1) is 5.69 Å². The molecule has 0 spiro atoms. The van der Waals surface area contributed by atoms with E-state index in [4.69, 9.17) is 27.5 Å². The van der Waals surface area contributed by atoms with Gasteiger partial charge in [-0.05, 0) is 19.1 Å². The van der Waals surface area contributed by atoms with E-state index < -0.39 is 11.5 Å². The number of carboxylic acid groups (broad SMARTS) is 1. The minimum atomic E-state index is -1.61. The van der Waals surface area contributed by atoms with Gasteiger partial charge in [-0.25, -0.2) is 9.78 Å². The van der Waals surface area contributed by atoms with Crippen LogP contribution in [0.1, 0.15) is 12.6 Å². The number of halogens is 1. The fourth-order valence-corrected chi connectivity index (χ4v) is 0.980. The average Bonchev–Trinajstić information content (AvgIpc) is 2.09. The number of carbonyl (C=O) groups is 1. The molecule has 0 aliphatic rings. The first kappa shape index (κ1) is 10.7. The molecule has 0 radical (unpaired) electrons. The second kappa shape index (κ2) is 3.43. The molecule has 14 heavy (non-hydrogen) atoms. The van der Waals surface area contributed by atoms with Crippen LogP contribution in [0.2, 0.25) is 5.15 Å². The predicted octanol–water partition coefficient (Wildman–Crippen LogP) is 0.699. The van der Waals surface area contributed by atoms with Crippen molar-refractivity contribution in [1.29, 1.82) is 0 Å². The first-order chi connectivity index (χ1) is 6.35. The van der Waals surface area contributed by atoms with Gasteiger partial charge in [0, 0.05) is 0 Å². The lowest BCUT2D eigenvalue weighted by molar-refractivity contribution is -0.143. The number of nitrogens with zero attached hydrogens (tertiary/aromatic N) is 1. The Morgan fingerprint density at radius 2 is 2.21 bits per heavy atom. The summed E-state index contributed by atoms with van der Waals surface area (Å²) in [6, 6.07) is 2.56. The number of pyridine rings is 1. The molecule has 1 unspecified atom stereocenters. The number of aliphatic carboxylic acids is 1. The molecule has 1 rings (SSSR count). The van der Waals surface area contributed by atoms with Crippen LogP contribution in [0.4, 0.5) is 0 Å². The molecule has 0 bridgehead atoms. The molecule has 1 heterocycles. The monoisotopic (exact) mass is 216 g/mol. The van der Waals surface area contributed by atoms with E-state index in [0.717, 1.165) is 0 Å². The van der Waals surface area contributed by atoms with E-state index >= 15 is 0 Å². The van der Waals surface area contributed by atoms with Crippen LogP contribution in [0.3, 0.4) is 0 Å². The molecule has 0 aliphatic carbocycles. The smallest absolute Gasteiger partial charge is 0.329 e. The van der Waals surface area contributed by atoms with E-state index in [-0.39, 0.29) is 16.6 Å². The first-order valence-corrected chi connectivity index (χ1v) is 4.11. The van der Waals surface area contributed by atoms with Crippen molar-refractivity contribution >= 4 is 17.6 Å². The number of rotatable bonds is 2. The maximum atomic E-state index is 10.7. The van der Waals surface area contributed by atoms with Crippen molar-refractivity contribution in [2.45, 2.75) is 12.5 Å². The molecule has 4 N–H and O–H groups in total. The van der Waals surface area contributed by atoms with Gasteiger partial charge in [0.25, 0.3) is 0 Å². The number of aromatic hydroxyl groups is 1. The lowest BCUT2D eigenvalue weighted by atomic mass is 9.99. The van der Waals surface area contributed by atoms with E-state index in [2.05, 4.69) is 4.98 Å². The van der Waals surface area contributed by atoms with Crippen LogP contribution in [0, 0.1) is 0 Å². The molecule has 0 fully saturated rings. The molecule has 5 nitrogen and oxygen atoms in total. The van der Waals surface area contributed by atoms with Gasteiger partial charge in [-0.1, -0.05) is 11.6 Å². The highest BCUT2D eigenvalue weighted by atomic mass is 35.5. The van der Waals surface area contributed by atoms with Crippen molar-refractivity contribution in [2.75, 3.05) is 0 Å². The molecule has 76 valence electrons. The van der Waals surface area contributed by atoms with Gasteiger partial charge in [-0.15, -0.1) is 0 Å². The zero-order valence-electron chi connectivity index (χ0n) is 7.36. The van der Waals surface area contributed by atoms with Crippen LogP contribution in [0.5, 0.6) is 5.75 Å². The van der Waals surface area contributed by atoms with E-state index in [0.29, 0.717) is 0 Å². The molecule has 0 aliphatic heterocycles. The van der Waals surface area contributed by atoms with Crippen LogP contribution in [0.25, 0.3) is 0 Å². The molecule has 1 aromatic heterocycles. The number of hydrogen-bond donors (Lipinski definition) is 3. The van der Waals surface area contributed by atoms with Crippen LogP contribution < -0.4 is 5.73 Å². The van der Waals surface area contributed by atoms with Crippen molar-refractivity contribution in [3.05, 3.63) is 23.0 Å². The van der Waals surface area contributed by atoms with Gasteiger partial charge in [-0.2, -0.15) is 0 Å². The summed E-state index contributed by atoms with van der Waals surface area (Å²) in [5, 5.41) is 17.7. The third-order valence-corrected chi connectivity index (χ3v) is 2.08. The summed E-state index contributed by atoms with van der Waals surface area (Å²) in [6.45, 7) is 1.30. The van der Waals surface area contributed by atoms with Crippen molar-refractivity contribution in [3.8, 4) is 5.75 Å². The minimum absolute atomic E-state index is 0.0906. The maximum Gasteiger partial charge on any atom is 0.329 e. The average molecular weight is 217 g/mol. The molecular weight excluding hydrogens is 208 g/mol. The Morgan fingerprint density at radius 3 is 2.64 bits per heavy atom. The van der Waals surface area contributed by atoms with Crippen LogP contribution in [0.15, 0.2) is 12.1 Å². The number of aromatic nitrogens is 1. The lowest BCUT2D eigenvalue weighted by Gasteiger charge is -2.18. The second-order valence-electron chi connectivity index (χ2n) is 3.01. The lowest BCUT2D eigenvalue weighted by Crippen LogP contribution is -2.42. The molecule has 0 saturated carbocycles. The maximum absolute atomic E-state index is 10.7. The summed E-state index contributed by atoms with van der Waals surface area (Å²) in [4.78, 5) is 14.4. The molecular formula is C8H9ClN2O3. The van der Waals surface area contributed by atoms with E-state index in [1.807, 2.05) is 0 Å². The van der Waals surface area contributed by atoms with Crippen LogP contribution >= 0.6 is 11.6 Å². The van der Waals surface area contributed by atoms with Gasteiger partial charge in [0.2, 0.25) is 0 Å². The van der Waals surface area contributed by atoms with E-state index in [9.17, 15) is 4.79 Å². The highest BCUT2D eigenvalue weighted by Crippen LogP contribution is 2.24. The predicted molar refractivity (Wildman–Crippen MR) is 50.1 cm³/mol. The van der Waals surface area contributed by atoms with E-state index in [1.54, 1.807) is 0 Å². The zero-order chi connectivity index (χ0) is 10.9. The Balaban J connectivity index is 3.21. The molecule has 0 aromatic carbocycles. The van der Waals surface area contributed by atoms with Gasteiger partial charge < -0.3 is 15.9 Å². The van der Waals surface area contributed by atoms with Gasteiger partial charge in [0.15, 0.2) is 16.4 Å². The quantitative estimate of drug-likeness (QED) is 0.633. The summed E-state index contributed by atoms with van der Waals surface area (Å²) in [5.74, 6) is -1.43. The Kier molecular flexibility index (Phi) is 2.64. The van der Waals surface area contributed by atoms with Gasteiger partial charge >= 0.3 is 5.97 Å². The summed E-state index contributed by atoms with van der Waals surface area (Å²) in [7, 11) is 0. The summed E-state index contributed by atoms with van der Waals surface area (Å²) in [5.41, 5.74) is 3.97. The Morgan fingerprint density at radius 1 is 1.64 bits per heavy atom. The number of carboxylic acids is 1. The zero-order valence-corrected chi connectivity index (χ0v) is 8.12. The summed E-state index contributed by atoms with van der Waals surface area (Å²) < 4.78 is 0. The fourth-order valence-electron chi connectivity index (χ4n) is 0.826. The number of hydrogen-bond acceptors (Lipinski definition) is 4. The van der Waals surface area contributed by atoms with Crippen molar-refractivity contribution < 1.29 is 15.0 Å². The van der Waals surface area contributed by atoms with Gasteiger partial charge in [-0.3, -0.25) is 0 Å².